The summed E-state index contributed by atoms with van der Waals surface area (Å²) in [5.41, 5.74) is 1.83. The van der Waals surface area contributed by atoms with E-state index in [-0.39, 0.29) is 28.8 Å². The fourth-order valence-electron chi connectivity index (χ4n) is 2.75. The van der Waals surface area contributed by atoms with E-state index in [4.69, 9.17) is 9.47 Å². The summed E-state index contributed by atoms with van der Waals surface area (Å²) in [6.07, 6.45) is 4.45. The second-order valence-electron chi connectivity index (χ2n) is 6.96. The van der Waals surface area contributed by atoms with Crippen molar-refractivity contribution in [3.8, 4) is 11.5 Å². The number of nitrogens with one attached hydrogen (secondary N) is 1. The van der Waals surface area contributed by atoms with E-state index in [0.717, 1.165) is 12.8 Å². The van der Waals surface area contributed by atoms with E-state index in [2.05, 4.69) is 10.5 Å². The van der Waals surface area contributed by atoms with Crippen LogP contribution in [0.3, 0.4) is 0 Å². The van der Waals surface area contributed by atoms with Crippen molar-refractivity contribution in [2.75, 3.05) is 13.7 Å². The summed E-state index contributed by atoms with van der Waals surface area (Å²) in [4.78, 5) is 35.6. The van der Waals surface area contributed by atoms with Gasteiger partial charge in [-0.25, -0.2) is 5.43 Å². The van der Waals surface area contributed by atoms with Crippen LogP contribution in [0.1, 0.15) is 55.6 Å². The Kier molecular flexibility index (Phi) is 8.30. The molecule has 2 rings (SSSR count). The number of amides is 1. The number of carbonyl (C=O) groups excluding carboxylic acids is 1. The van der Waals surface area contributed by atoms with Gasteiger partial charge in [0.25, 0.3) is 11.5 Å². The number of aromatic nitrogens is 1. The van der Waals surface area contributed by atoms with E-state index in [0.29, 0.717) is 12.2 Å². The second-order valence-corrected chi connectivity index (χ2v) is 6.96. The number of ether oxygens (including phenoxy) is 2. The average molecular weight is 430 g/mol. The lowest BCUT2D eigenvalue weighted by Crippen LogP contribution is -2.31. The summed E-state index contributed by atoms with van der Waals surface area (Å²) < 4.78 is 12.2. The maximum atomic E-state index is 12.4. The van der Waals surface area contributed by atoms with Gasteiger partial charge in [-0.2, -0.15) is 5.10 Å². The molecule has 31 heavy (non-hydrogen) atoms. The molecule has 10 heteroatoms. The van der Waals surface area contributed by atoms with Crippen molar-refractivity contribution in [3.63, 3.8) is 0 Å². The Balaban J connectivity index is 2.25. The third-order valence-electron chi connectivity index (χ3n) is 4.37. The third kappa shape index (κ3) is 5.91. The highest BCUT2D eigenvalue weighted by Gasteiger charge is 2.22. The number of nitro benzene ring substituents is 1. The first kappa shape index (κ1) is 23.6. The van der Waals surface area contributed by atoms with Gasteiger partial charge in [-0.05, 0) is 38.5 Å². The molecule has 2 aromatic rings. The molecule has 0 atom stereocenters. The van der Waals surface area contributed by atoms with Crippen molar-refractivity contribution in [2.45, 2.75) is 39.7 Å². The Labute approximate surface area is 179 Å². The Bertz CT molecular complexity index is 1030. The van der Waals surface area contributed by atoms with Crippen LogP contribution < -0.4 is 20.5 Å². The Hall–Kier alpha value is -3.69. The van der Waals surface area contributed by atoms with E-state index in [1.807, 2.05) is 20.8 Å². The van der Waals surface area contributed by atoms with Crippen LogP contribution >= 0.6 is 0 Å². The summed E-state index contributed by atoms with van der Waals surface area (Å²) >= 11 is 0. The largest absolute Gasteiger partial charge is 0.493 e. The van der Waals surface area contributed by atoms with Gasteiger partial charge in [0, 0.05) is 23.9 Å². The van der Waals surface area contributed by atoms with Crippen LogP contribution in [0.4, 0.5) is 5.69 Å². The number of unbranched alkanes of at least 4 members (excludes halogenated alkanes) is 1. The average Bonchev–Trinajstić information content (AvgIpc) is 2.73. The molecular formula is C21H26N4O6. The normalized spacial score (nSPS) is 11.0. The lowest BCUT2D eigenvalue weighted by Gasteiger charge is -2.11. The minimum atomic E-state index is -0.683. The lowest BCUT2D eigenvalue weighted by atomic mass is 10.2. The molecule has 0 saturated carbocycles. The molecule has 0 aliphatic rings. The van der Waals surface area contributed by atoms with Crippen molar-refractivity contribution in [1.29, 1.82) is 0 Å². The fraction of sp³-hybridized carbons (Fsp3) is 0.381. The molecule has 0 fully saturated rings. The highest BCUT2D eigenvalue weighted by Crippen LogP contribution is 2.38. The number of carbonyl (C=O) groups is 1. The first-order valence-corrected chi connectivity index (χ1v) is 9.83. The summed E-state index contributed by atoms with van der Waals surface area (Å²) in [5, 5.41) is 15.3. The maximum absolute atomic E-state index is 12.4. The monoisotopic (exact) mass is 430 g/mol. The van der Waals surface area contributed by atoms with Gasteiger partial charge in [-0.1, -0.05) is 13.3 Å². The van der Waals surface area contributed by atoms with Crippen LogP contribution in [0, 0.1) is 10.1 Å². The first-order chi connectivity index (χ1) is 14.8. The third-order valence-corrected chi connectivity index (χ3v) is 4.37. The number of hydrazone groups is 1. The minimum Gasteiger partial charge on any atom is -0.493 e. The molecule has 10 nitrogen and oxygen atoms in total. The standard InChI is InChI=1S/C21H26N4O6/c1-5-6-10-31-19-17(25(28)29)11-15(12-18(19)30-4)13-22-23-20(26)16-8-7-9-24(14(2)3)21(16)27/h7-9,11-14H,5-6,10H2,1-4H3,(H,23,26)/b22-13-. The molecule has 0 aliphatic heterocycles. The number of nitro groups is 1. The van der Waals surface area contributed by atoms with Crippen LogP contribution in [0.2, 0.25) is 0 Å². The predicted octanol–water partition coefficient (Wildman–Crippen LogP) is 3.29. The van der Waals surface area contributed by atoms with Gasteiger partial charge >= 0.3 is 5.69 Å². The fourth-order valence-corrected chi connectivity index (χ4v) is 2.75. The Morgan fingerprint density at radius 2 is 2.13 bits per heavy atom. The quantitative estimate of drug-likeness (QED) is 0.267. The van der Waals surface area contributed by atoms with E-state index in [9.17, 15) is 19.7 Å². The van der Waals surface area contributed by atoms with Gasteiger partial charge in [0.1, 0.15) is 5.56 Å². The van der Waals surface area contributed by atoms with Gasteiger partial charge in [0.2, 0.25) is 5.75 Å². The molecule has 0 radical (unpaired) electrons. The molecule has 0 spiro atoms. The molecule has 1 aromatic heterocycles. The van der Waals surface area contributed by atoms with Gasteiger partial charge in [-0.3, -0.25) is 19.7 Å². The first-order valence-electron chi connectivity index (χ1n) is 9.83. The van der Waals surface area contributed by atoms with Gasteiger partial charge < -0.3 is 14.0 Å². The van der Waals surface area contributed by atoms with E-state index < -0.39 is 16.4 Å². The predicted molar refractivity (Wildman–Crippen MR) is 116 cm³/mol. The summed E-state index contributed by atoms with van der Waals surface area (Å²) in [5.74, 6) is -0.459. The van der Waals surface area contributed by atoms with Crippen molar-refractivity contribution in [2.24, 2.45) is 5.10 Å². The molecule has 0 aliphatic carbocycles. The topological polar surface area (TPSA) is 125 Å². The number of pyridine rings is 1. The molecule has 1 amide bonds. The van der Waals surface area contributed by atoms with Crippen molar-refractivity contribution in [3.05, 3.63) is 62.1 Å². The zero-order chi connectivity index (χ0) is 23.0. The number of benzene rings is 1. The minimum absolute atomic E-state index is 0.0423. The molecule has 166 valence electrons. The van der Waals surface area contributed by atoms with Gasteiger partial charge in [-0.15, -0.1) is 0 Å². The number of rotatable bonds is 10. The van der Waals surface area contributed by atoms with Crippen LogP contribution in [-0.2, 0) is 0 Å². The Morgan fingerprint density at radius 1 is 1.39 bits per heavy atom. The maximum Gasteiger partial charge on any atom is 0.315 e. The number of hydrogen-bond acceptors (Lipinski definition) is 7. The van der Waals surface area contributed by atoms with Crippen LogP contribution in [0.5, 0.6) is 11.5 Å². The summed E-state index contributed by atoms with van der Waals surface area (Å²) in [6, 6.07) is 5.69. The molecule has 0 bridgehead atoms. The van der Waals surface area contributed by atoms with Crippen LogP contribution in [0.15, 0.2) is 40.4 Å². The van der Waals surface area contributed by atoms with Gasteiger partial charge in [0.15, 0.2) is 5.75 Å². The van der Waals surface area contributed by atoms with Crippen LogP contribution in [-0.4, -0.2) is 35.3 Å². The molecule has 1 heterocycles. The van der Waals surface area contributed by atoms with Crippen molar-refractivity contribution in [1.82, 2.24) is 9.99 Å². The molecule has 1 aromatic carbocycles. The van der Waals surface area contributed by atoms with E-state index in [1.54, 1.807) is 12.3 Å². The summed E-state index contributed by atoms with van der Waals surface area (Å²) in [7, 11) is 1.38. The zero-order valence-corrected chi connectivity index (χ0v) is 18.0. The SMILES string of the molecule is CCCCOc1c(OC)cc(/C=N\NC(=O)c2cccn(C(C)C)c2=O)cc1[N+](=O)[O-]. The van der Waals surface area contributed by atoms with Crippen molar-refractivity contribution < 1.29 is 19.2 Å². The molecule has 1 N–H and O–H groups in total. The smallest absolute Gasteiger partial charge is 0.315 e. The zero-order valence-electron chi connectivity index (χ0n) is 18.0. The second kappa shape index (κ2) is 10.9. The molecule has 0 unspecified atom stereocenters. The van der Waals surface area contributed by atoms with Gasteiger partial charge in [0.05, 0.1) is 24.9 Å². The number of hydrogen-bond donors (Lipinski definition) is 1. The summed E-state index contributed by atoms with van der Waals surface area (Å²) in [6.45, 7) is 5.97. The highest BCUT2D eigenvalue weighted by atomic mass is 16.6. The Morgan fingerprint density at radius 3 is 2.74 bits per heavy atom. The lowest BCUT2D eigenvalue weighted by molar-refractivity contribution is -0.386. The number of methoxy groups -OCH3 is 1. The molecular weight excluding hydrogens is 404 g/mol. The van der Waals surface area contributed by atoms with Crippen LogP contribution in [0.25, 0.3) is 0 Å². The molecule has 0 saturated heterocycles. The van der Waals surface area contributed by atoms with Crippen molar-refractivity contribution >= 4 is 17.8 Å². The van der Waals surface area contributed by atoms with E-state index >= 15 is 0 Å². The number of nitrogens with zero attached hydrogens (tertiary/aromatic N) is 3. The highest BCUT2D eigenvalue weighted by molar-refractivity contribution is 5.94. The van der Waals surface area contributed by atoms with E-state index in [1.165, 1.54) is 36.1 Å².